The molecule has 1 aromatic heterocycles. The number of hydrogen-bond donors (Lipinski definition) is 1. The monoisotopic (exact) mass is 431 g/mol. The smallest absolute Gasteiger partial charge is 0.322 e. The van der Waals surface area contributed by atoms with Crippen molar-refractivity contribution < 1.29 is 31.8 Å². The highest BCUT2D eigenvalue weighted by molar-refractivity contribution is 7.91. The van der Waals surface area contributed by atoms with Crippen molar-refractivity contribution in [2.75, 3.05) is 25.0 Å². The summed E-state index contributed by atoms with van der Waals surface area (Å²) in [6.45, 7) is 0.142. The molecule has 0 saturated heterocycles. The molecule has 156 valence electrons. The van der Waals surface area contributed by atoms with Gasteiger partial charge < -0.3 is 18.6 Å². The summed E-state index contributed by atoms with van der Waals surface area (Å²) in [4.78, 5) is 12.2. The number of rotatable bonds is 7. The summed E-state index contributed by atoms with van der Waals surface area (Å²) < 4.78 is 45.7. The van der Waals surface area contributed by atoms with Gasteiger partial charge in [0.25, 0.3) is 0 Å². The molecule has 0 bridgehead atoms. The third-order valence-corrected chi connectivity index (χ3v) is 6.04. The topological polar surface area (TPSA) is 130 Å². The van der Waals surface area contributed by atoms with Crippen LogP contribution in [0.15, 0.2) is 51.8 Å². The summed E-state index contributed by atoms with van der Waals surface area (Å²) in [5, 5.41) is 10.1. The number of sulfone groups is 1. The zero-order valence-corrected chi connectivity index (χ0v) is 16.6. The predicted molar refractivity (Wildman–Crippen MR) is 104 cm³/mol. The minimum absolute atomic E-state index is 0.110. The lowest BCUT2D eigenvalue weighted by Crippen LogP contribution is -2.17. The quantitative estimate of drug-likeness (QED) is 0.599. The summed E-state index contributed by atoms with van der Waals surface area (Å²) in [7, 11) is -2.14. The molecule has 0 radical (unpaired) electrons. The maximum atomic E-state index is 12.4. The lowest BCUT2D eigenvalue weighted by Gasteiger charge is -2.05. The number of hydrogen-bond acceptors (Lipinski definition) is 9. The molecule has 1 N–H and O–H groups in total. The average molecular weight is 431 g/mol. The zero-order chi connectivity index (χ0) is 21.1. The van der Waals surface area contributed by atoms with Gasteiger partial charge in [-0.25, -0.2) is 8.42 Å². The van der Waals surface area contributed by atoms with Gasteiger partial charge in [0, 0.05) is 12.0 Å². The molecule has 0 unspecified atom stereocenters. The van der Waals surface area contributed by atoms with Gasteiger partial charge in [0.1, 0.15) is 5.75 Å². The van der Waals surface area contributed by atoms with Crippen molar-refractivity contribution in [1.82, 2.24) is 10.2 Å². The number of nitrogens with one attached hydrogen (secondary N) is 1. The Bertz CT molecular complexity index is 1170. The molecule has 10 nitrogen and oxygen atoms in total. The largest absolute Gasteiger partial charge is 0.497 e. The van der Waals surface area contributed by atoms with Crippen molar-refractivity contribution in [1.29, 1.82) is 0 Å². The molecule has 1 amide bonds. The second-order valence-electron chi connectivity index (χ2n) is 6.27. The highest BCUT2D eigenvalue weighted by atomic mass is 32.2. The maximum absolute atomic E-state index is 12.4. The van der Waals surface area contributed by atoms with Gasteiger partial charge in [-0.2, -0.15) is 0 Å². The van der Waals surface area contributed by atoms with Crippen molar-refractivity contribution >= 4 is 21.8 Å². The summed E-state index contributed by atoms with van der Waals surface area (Å²) >= 11 is 0. The lowest BCUT2D eigenvalue weighted by molar-refractivity contribution is -0.115. The standard InChI is InChI=1S/C19H17N3O7S/c1-26-13-3-5-14(6-4-13)30(24,25)9-8-17(23)20-19-22-21-18(29-19)12-2-7-15-16(10-12)28-11-27-15/h2-7,10H,8-9,11H2,1H3,(H,20,22,23). The van der Waals surface area contributed by atoms with Crippen LogP contribution >= 0.6 is 0 Å². The number of carbonyl (C=O) groups is 1. The van der Waals surface area contributed by atoms with E-state index in [1.807, 2.05) is 0 Å². The summed E-state index contributed by atoms with van der Waals surface area (Å²) in [6.07, 6.45) is -0.268. The number of amides is 1. The molecule has 4 rings (SSSR count). The number of fused-ring (bicyclic) bond motifs is 1. The number of aromatic nitrogens is 2. The molecule has 0 spiro atoms. The number of methoxy groups -OCH3 is 1. The van der Waals surface area contributed by atoms with Gasteiger partial charge in [-0.1, -0.05) is 5.10 Å². The van der Waals surface area contributed by atoms with Crippen LogP contribution in [0, 0.1) is 0 Å². The van der Waals surface area contributed by atoms with E-state index < -0.39 is 15.7 Å². The number of nitrogens with zero attached hydrogens (tertiary/aromatic N) is 2. The van der Waals surface area contributed by atoms with Crippen LogP contribution in [0.2, 0.25) is 0 Å². The van der Waals surface area contributed by atoms with E-state index in [0.717, 1.165) is 0 Å². The van der Waals surface area contributed by atoms with Crippen molar-refractivity contribution in [2.24, 2.45) is 0 Å². The van der Waals surface area contributed by atoms with Gasteiger partial charge in [-0.15, -0.1) is 5.10 Å². The summed E-state index contributed by atoms with van der Waals surface area (Å²) in [5.41, 5.74) is 0.592. The number of benzene rings is 2. The van der Waals surface area contributed by atoms with Crippen LogP contribution in [-0.2, 0) is 14.6 Å². The fraction of sp³-hybridized carbons (Fsp3) is 0.211. The molecular weight excluding hydrogens is 414 g/mol. The summed E-state index contributed by atoms with van der Waals surface area (Å²) in [6, 6.07) is 10.9. The van der Waals surface area contributed by atoms with Crippen LogP contribution in [-0.4, -0.2) is 44.2 Å². The highest BCUT2D eigenvalue weighted by Gasteiger charge is 2.19. The first-order valence-electron chi connectivity index (χ1n) is 8.85. The van der Waals surface area contributed by atoms with Crippen molar-refractivity contribution in [3.63, 3.8) is 0 Å². The van der Waals surface area contributed by atoms with E-state index in [0.29, 0.717) is 22.8 Å². The Morgan fingerprint density at radius 2 is 1.87 bits per heavy atom. The van der Waals surface area contributed by atoms with Crippen LogP contribution in [0.1, 0.15) is 6.42 Å². The minimum Gasteiger partial charge on any atom is -0.497 e. The molecule has 0 atom stereocenters. The van der Waals surface area contributed by atoms with Crippen molar-refractivity contribution in [2.45, 2.75) is 11.3 Å². The van der Waals surface area contributed by atoms with E-state index in [1.54, 1.807) is 30.3 Å². The molecule has 1 aliphatic heterocycles. The number of ether oxygens (including phenoxy) is 3. The second kappa shape index (κ2) is 8.03. The van der Waals surface area contributed by atoms with E-state index in [2.05, 4.69) is 15.5 Å². The maximum Gasteiger partial charge on any atom is 0.322 e. The fourth-order valence-electron chi connectivity index (χ4n) is 2.73. The van der Waals surface area contributed by atoms with E-state index in [9.17, 15) is 13.2 Å². The molecule has 30 heavy (non-hydrogen) atoms. The molecule has 0 aliphatic carbocycles. The van der Waals surface area contributed by atoms with Gasteiger partial charge in [0.05, 0.1) is 17.8 Å². The van der Waals surface area contributed by atoms with Crippen LogP contribution in [0.25, 0.3) is 11.5 Å². The van der Waals surface area contributed by atoms with Gasteiger partial charge >= 0.3 is 6.01 Å². The molecule has 2 heterocycles. The van der Waals surface area contributed by atoms with Crippen LogP contribution in [0.3, 0.4) is 0 Å². The first kappa shape index (κ1) is 19.7. The van der Waals surface area contributed by atoms with E-state index in [-0.39, 0.29) is 35.8 Å². The number of anilines is 1. The Kier molecular flexibility index (Phi) is 5.27. The lowest BCUT2D eigenvalue weighted by atomic mass is 10.2. The average Bonchev–Trinajstić information content (AvgIpc) is 3.41. The fourth-order valence-corrected chi connectivity index (χ4v) is 3.97. The second-order valence-corrected chi connectivity index (χ2v) is 8.38. The van der Waals surface area contributed by atoms with Crippen LogP contribution in [0.5, 0.6) is 17.2 Å². The van der Waals surface area contributed by atoms with Crippen LogP contribution < -0.4 is 19.5 Å². The Labute approximate surface area is 171 Å². The van der Waals surface area contributed by atoms with E-state index in [4.69, 9.17) is 18.6 Å². The van der Waals surface area contributed by atoms with E-state index in [1.165, 1.54) is 19.2 Å². The van der Waals surface area contributed by atoms with E-state index >= 15 is 0 Å². The first-order valence-corrected chi connectivity index (χ1v) is 10.5. The third-order valence-electron chi connectivity index (χ3n) is 4.31. The molecule has 11 heteroatoms. The Morgan fingerprint density at radius 3 is 2.63 bits per heavy atom. The van der Waals surface area contributed by atoms with Crippen molar-refractivity contribution in [3.8, 4) is 28.7 Å². The molecule has 3 aromatic rings. The van der Waals surface area contributed by atoms with Gasteiger partial charge in [-0.3, -0.25) is 10.1 Å². The minimum atomic E-state index is -3.63. The highest BCUT2D eigenvalue weighted by Crippen LogP contribution is 2.35. The molecule has 1 aliphatic rings. The summed E-state index contributed by atoms with van der Waals surface area (Å²) in [5.74, 6) is 0.961. The molecule has 2 aromatic carbocycles. The van der Waals surface area contributed by atoms with Gasteiger partial charge in [0.15, 0.2) is 21.3 Å². The van der Waals surface area contributed by atoms with Crippen LogP contribution in [0.4, 0.5) is 6.01 Å². The Morgan fingerprint density at radius 1 is 1.10 bits per heavy atom. The molecule has 0 saturated carbocycles. The van der Waals surface area contributed by atoms with Gasteiger partial charge in [-0.05, 0) is 42.5 Å². The first-order chi connectivity index (χ1) is 14.4. The SMILES string of the molecule is COc1ccc(S(=O)(=O)CCC(=O)Nc2nnc(-c3ccc4c(c3)OCO4)o2)cc1. The number of carbonyl (C=O) groups excluding carboxylic acids is 1. The molecule has 0 fully saturated rings. The third kappa shape index (κ3) is 4.20. The Hall–Kier alpha value is -3.60. The van der Waals surface area contributed by atoms with Crippen molar-refractivity contribution in [3.05, 3.63) is 42.5 Å². The molecular formula is C19H17N3O7S. The predicted octanol–water partition coefficient (Wildman–Crippen LogP) is 2.28. The Balaban J connectivity index is 1.36. The normalized spacial score (nSPS) is 12.6. The van der Waals surface area contributed by atoms with Gasteiger partial charge in [0.2, 0.25) is 18.6 Å². The zero-order valence-electron chi connectivity index (χ0n) is 15.8.